The Balaban J connectivity index is 1.92. The number of cyclic esters (lactones) is 1. The van der Waals surface area contributed by atoms with Gasteiger partial charge in [0, 0.05) is 12.7 Å². The quantitative estimate of drug-likeness (QED) is 0.808. The molecular weight excluding hydrogens is 192 g/mol. The van der Waals surface area contributed by atoms with Crippen LogP contribution in [0.5, 0.6) is 0 Å². The van der Waals surface area contributed by atoms with Crippen LogP contribution in [0.1, 0.15) is 0 Å². The topological polar surface area (TPSA) is 41.6 Å². The van der Waals surface area contributed by atoms with Crippen LogP contribution >= 0.6 is 0 Å². The summed E-state index contributed by atoms with van der Waals surface area (Å²) in [6.07, 6.45) is -0.371. The van der Waals surface area contributed by atoms with Crippen LogP contribution in [0.3, 0.4) is 0 Å². The number of likely N-dealkylation sites (N-methyl/N-ethyl adjacent to an activating group) is 1. The summed E-state index contributed by atoms with van der Waals surface area (Å²) in [5, 5.41) is 2.64. The van der Waals surface area contributed by atoms with E-state index in [1.54, 1.807) is 0 Å². The van der Waals surface area contributed by atoms with Gasteiger partial charge in [-0.1, -0.05) is 18.2 Å². The normalized spacial score (nSPS) is 19.5. The number of carbonyl (C=O) groups is 1. The van der Waals surface area contributed by atoms with Crippen LogP contribution in [0.4, 0.5) is 10.5 Å². The first-order valence-electron chi connectivity index (χ1n) is 4.96. The first-order chi connectivity index (χ1) is 7.25. The molecule has 80 valence electrons. The van der Waals surface area contributed by atoms with Crippen LogP contribution < -0.4 is 10.2 Å². The lowest BCUT2D eigenvalue weighted by atomic mass is 10.2. The Labute approximate surface area is 88.8 Å². The highest BCUT2D eigenvalue weighted by Gasteiger charge is 2.23. The average Bonchev–Trinajstić information content (AvgIpc) is 2.65. The molecule has 0 bridgehead atoms. The maximum absolute atomic E-state index is 10.8. The summed E-state index contributed by atoms with van der Waals surface area (Å²) in [6, 6.07) is 10.0. The van der Waals surface area contributed by atoms with Crippen LogP contribution in [0.25, 0.3) is 0 Å². The molecule has 15 heavy (non-hydrogen) atoms. The van der Waals surface area contributed by atoms with E-state index in [0.29, 0.717) is 13.1 Å². The summed E-state index contributed by atoms with van der Waals surface area (Å²) in [5.41, 5.74) is 1.13. The van der Waals surface area contributed by atoms with Gasteiger partial charge in [0.2, 0.25) is 0 Å². The second-order valence-electron chi connectivity index (χ2n) is 3.62. The highest BCUT2D eigenvalue weighted by atomic mass is 16.6. The lowest BCUT2D eigenvalue weighted by Crippen LogP contribution is -2.31. The smallest absolute Gasteiger partial charge is 0.407 e. The summed E-state index contributed by atoms with van der Waals surface area (Å²) in [5.74, 6) is 0. The van der Waals surface area contributed by atoms with Crippen LogP contribution in [-0.2, 0) is 4.74 Å². The minimum Gasteiger partial charge on any atom is -0.442 e. The van der Waals surface area contributed by atoms with Gasteiger partial charge in [-0.15, -0.1) is 0 Å². The molecule has 1 amide bonds. The molecule has 2 rings (SSSR count). The Hall–Kier alpha value is -1.71. The van der Waals surface area contributed by atoms with Gasteiger partial charge in [0.05, 0.1) is 13.1 Å². The van der Waals surface area contributed by atoms with E-state index in [-0.39, 0.29) is 12.2 Å². The van der Waals surface area contributed by atoms with Crippen molar-refractivity contribution in [2.75, 3.05) is 25.0 Å². The molecule has 0 spiro atoms. The number of nitrogens with one attached hydrogen (secondary N) is 1. The predicted molar refractivity (Wildman–Crippen MR) is 58.0 cm³/mol. The zero-order valence-electron chi connectivity index (χ0n) is 8.64. The summed E-state index contributed by atoms with van der Waals surface area (Å²) in [7, 11) is 1.99. The fourth-order valence-electron chi connectivity index (χ4n) is 1.63. The maximum atomic E-state index is 10.8. The van der Waals surface area contributed by atoms with Crippen molar-refractivity contribution in [2.45, 2.75) is 6.10 Å². The predicted octanol–water partition coefficient (Wildman–Crippen LogP) is 1.23. The number of nitrogens with zero attached hydrogens (tertiary/aromatic N) is 1. The summed E-state index contributed by atoms with van der Waals surface area (Å²) in [4.78, 5) is 12.9. The minimum atomic E-state index is -0.318. The summed E-state index contributed by atoms with van der Waals surface area (Å²) >= 11 is 0. The van der Waals surface area contributed by atoms with E-state index in [0.717, 1.165) is 5.69 Å². The summed E-state index contributed by atoms with van der Waals surface area (Å²) in [6.45, 7) is 1.30. The Bertz CT molecular complexity index is 340. The van der Waals surface area contributed by atoms with Crippen molar-refractivity contribution in [1.29, 1.82) is 0 Å². The number of hydrogen-bond acceptors (Lipinski definition) is 3. The van der Waals surface area contributed by atoms with Gasteiger partial charge in [-0.25, -0.2) is 4.79 Å². The van der Waals surface area contributed by atoms with Gasteiger partial charge in [-0.3, -0.25) is 0 Å². The van der Waals surface area contributed by atoms with Gasteiger partial charge in [0.15, 0.2) is 0 Å². The van der Waals surface area contributed by atoms with E-state index in [1.807, 2.05) is 37.4 Å². The Morgan fingerprint density at radius 1 is 1.47 bits per heavy atom. The van der Waals surface area contributed by atoms with E-state index in [2.05, 4.69) is 10.2 Å². The molecular formula is C11H14N2O2. The molecule has 0 radical (unpaired) electrons. The number of para-hydroxylation sites is 1. The number of anilines is 1. The Kier molecular flexibility index (Phi) is 2.76. The van der Waals surface area contributed by atoms with Crippen molar-refractivity contribution in [3.63, 3.8) is 0 Å². The standard InChI is InChI=1S/C11H14N2O2/c1-13(9-5-3-2-4-6-9)8-10-7-12-11(14)15-10/h2-6,10H,7-8H2,1H3,(H,12,14)/t10-/m0/s1. The molecule has 4 nitrogen and oxygen atoms in total. The maximum Gasteiger partial charge on any atom is 0.407 e. The van der Waals surface area contributed by atoms with Gasteiger partial charge >= 0.3 is 6.09 Å². The number of hydrogen-bond donors (Lipinski definition) is 1. The number of rotatable bonds is 3. The van der Waals surface area contributed by atoms with E-state index in [9.17, 15) is 4.79 Å². The molecule has 1 heterocycles. The van der Waals surface area contributed by atoms with Gasteiger partial charge < -0.3 is 15.0 Å². The third kappa shape index (κ3) is 2.40. The monoisotopic (exact) mass is 206 g/mol. The highest BCUT2D eigenvalue weighted by Crippen LogP contribution is 2.12. The molecule has 1 aliphatic heterocycles. The Morgan fingerprint density at radius 3 is 2.80 bits per heavy atom. The van der Waals surface area contributed by atoms with Gasteiger partial charge in [0.25, 0.3) is 0 Å². The van der Waals surface area contributed by atoms with E-state index >= 15 is 0 Å². The number of alkyl carbamates (subject to hydrolysis) is 1. The molecule has 0 aromatic heterocycles. The molecule has 0 saturated carbocycles. The number of ether oxygens (including phenoxy) is 1. The Morgan fingerprint density at radius 2 is 2.20 bits per heavy atom. The molecule has 1 saturated heterocycles. The van der Waals surface area contributed by atoms with Crippen molar-refractivity contribution >= 4 is 11.8 Å². The number of amides is 1. The molecule has 1 aliphatic rings. The molecule has 0 unspecified atom stereocenters. The largest absolute Gasteiger partial charge is 0.442 e. The van der Waals surface area contributed by atoms with Crippen LogP contribution in [0.2, 0.25) is 0 Å². The highest BCUT2D eigenvalue weighted by molar-refractivity contribution is 5.69. The lowest BCUT2D eigenvalue weighted by molar-refractivity contribution is 0.143. The van der Waals surface area contributed by atoms with Crippen LogP contribution in [0, 0.1) is 0 Å². The third-order valence-corrected chi connectivity index (χ3v) is 2.42. The van der Waals surface area contributed by atoms with Crippen molar-refractivity contribution < 1.29 is 9.53 Å². The number of benzene rings is 1. The van der Waals surface area contributed by atoms with Crippen molar-refractivity contribution in [1.82, 2.24) is 5.32 Å². The van der Waals surface area contributed by atoms with Gasteiger partial charge in [-0.2, -0.15) is 0 Å². The molecule has 4 heteroatoms. The van der Waals surface area contributed by atoms with E-state index in [1.165, 1.54) is 0 Å². The molecule has 1 N–H and O–H groups in total. The van der Waals surface area contributed by atoms with E-state index in [4.69, 9.17) is 4.74 Å². The SMILES string of the molecule is CN(C[C@@H]1CNC(=O)O1)c1ccccc1. The second-order valence-corrected chi connectivity index (χ2v) is 3.62. The average molecular weight is 206 g/mol. The van der Waals surface area contributed by atoms with Crippen LogP contribution in [0.15, 0.2) is 30.3 Å². The molecule has 0 aliphatic carbocycles. The third-order valence-electron chi connectivity index (χ3n) is 2.42. The molecule has 1 aromatic rings. The minimum absolute atomic E-state index is 0.0530. The fourth-order valence-corrected chi connectivity index (χ4v) is 1.63. The second kappa shape index (κ2) is 4.21. The van der Waals surface area contributed by atoms with Crippen molar-refractivity contribution in [2.24, 2.45) is 0 Å². The zero-order chi connectivity index (χ0) is 10.7. The molecule has 1 aromatic carbocycles. The molecule has 1 atom stereocenters. The first-order valence-corrected chi connectivity index (χ1v) is 4.96. The fraction of sp³-hybridized carbons (Fsp3) is 0.364. The van der Waals surface area contributed by atoms with E-state index < -0.39 is 0 Å². The van der Waals surface area contributed by atoms with Gasteiger partial charge in [-0.05, 0) is 12.1 Å². The van der Waals surface area contributed by atoms with Crippen LogP contribution in [-0.4, -0.2) is 32.3 Å². The molecule has 1 fully saturated rings. The number of carbonyl (C=O) groups excluding carboxylic acids is 1. The van der Waals surface area contributed by atoms with Gasteiger partial charge in [0.1, 0.15) is 6.10 Å². The zero-order valence-corrected chi connectivity index (χ0v) is 8.64. The summed E-state index contributed by atoms with van der Waals surface area (Å²) < 4.78 is 5.06. The van der Waals surface area contributed by atoms with Crippen molar-refractivity contribution in [3.05, 3.63) is 30.3 Å². The lowest BCUT2D eigenvalue weighted by Gasteiger charge is -2.21. The first kappa shape index (κ1) is 9.83. The van der Waals surface area contributed by atoms with Crippen molar-refractivity contribution in [3.8, 4) is 0 Å².